The van der Waals surface area contributed by atoms with Crippen LogP contribution in [-0.2, 0) is 6.18 Å². The number of pyridine rings is 1. The molecule has 0 atom stereocenters. The van der Waals surface area contributed by atoms with Crippen molar-refractivity contribution < 1.29 is 17.6 Å². The number of aromatic amines is 1. The Bertz CT molecular complexity index is 1010. The van der Waals surface area contributed by atoms with E-state index in [0.717, 1.165) is 6.20 Å². The molecule has 3 nitrogen and oxygen atoms in total. The molecule has 1 aromatic carbocycles. The van der Waals surface area contributed by atoms with Crippen LogP contribution in [0.15, 0.2) is 47.6 Å². The first-order valence-corrected chi connectivity index (χ1v) is 7.49. The average Bonchev–Trinajstić information content (AvgIpc) is 3.23. The molecule has 3 aromatic rings. The van der Waals surface area contributed by atoms with Crippen LogP contribution in [0.25, 0.3) is 27.9 Å². The summed E-state index contributed by atoms with van der Waals surface area (Å²) in [6.07, 6.45) is -0.611. The van der Waals surface area contributed by atoms with Gasteiger partial charge in [0.2, 0.25) is 0 Å². The summed E-state index contributed by atoms with van der Waals surface area (Å²) in [4.78, 5) is 10.9. The van der Waals surface area contributed by atoms with Crippen molar-refractivity contribution >= 4 is 22.8 Å². The number of benzene rings is 1. The highest BCUT2D eigenvalue weighted by molar-refractivity contribution is 6.16. The number of nitrogens with one attached hydrogen (secondary N) is 1. The Hall–Kier alpha value is -2.96. The Morgan fingerprint density at radius 2 is 1.84 bits per heavy atom. The molecule has 0 bridgehead atoms. The summed E-state index contributed by atoms with van der Waals surface area (Å²) in [5.41, 5.74) is 1.24. The number of halogens is 4. The van der Waals surface area contributed by atoms with Gasteiger partial charge in [0.25, 0.3) is 0 Å². The van der Waals surface area contributed by atoms with Crippen LogP contribution in [0.2, 0.25) is 0 Å². The minimum Gasteiger partial charge on any atom is -0.339 e. The van der Waals surface area contributed by atoms with Gasteiger partial charge < -0.3 is 4.98 Å². The summed E-state index contributed by atoms with van der Waals surface area (Å²) in [6.45, 7) is 0.353. The Morgan fingerprint density at radius 1 is 1.08 bits per heavy atom. The molecule has 0 radical (unpaired) electrons. The van der Waals surface area contributed by atoms with Crippen LogP contribution in [0.3, 0.4) is 0 Å². The lowest BCUT2D eigenvalue weighted by molar-refractivity contribution is -0.137. The molecule has 1 aliphatic rings. The van der Waals surface area contributed by atoms with E-state index in [2.05, 4.69) is 15.0 Å². The zero-order chi connectivity index (χ0) is 17.6. The summed E-state index contributed by atoms with van der Waals surface area (Å²) in [6, 6.07) is 7.31. The first-order chi connectivity index (χ1) is 11.9. The molecule has 0 saturated carbocycles. The molecule has 2 aromatic heterocycles. The molecule has 0 unspecified atom stereocenters. The molecule has 4 rings (SSSR count). The van der Waals surface area contributed by atoms with Crippen molar-refractivity contribution in [2.75, 3.05) is 6.54 Å². The van der Waals surface area contributed by atoms with Gasteiger partial charge >= 0.3 is 6.18 Å². The summed E-state index contributed by atoms with van der Waals surface area (Å²) >= 11 is 0. The molecule has 25 heavy (non-hydrogen) atoms. The largest absolute Gasteiger partial charge is 0.418 e. The van der Waals surface area contributed by atoms with Gasteiger partial charge in [-0.15, -0.1) is 0 Å². The van der Waals surface area contributed by atoms with Crippen LogP contribution in [-0.4, -0.2) is 22.7 Å². The number of H-pyrrole nitrogens is 1. The maximum Gasteiger partial charge on any atom is 0.418 e. The quantitative estimate of drug-likeness (QED) is 0.663. The predicted molar refractivity (Wildman–Crippen MR) is 87.8 cm³/mol. The summed E-state index contributed by atoms with van der Waals surface area (Å²) in [5, 5.41) is 0.355. The third-order valence-corrected chi connectivity index (χ3v) is 4.05. The lowest BCUT2D eigenvalue weighted by Gasteiger charge is -2.13. The van der Waals surface area contributed by atoms with Gasteiger partial charge in [-0.05, 0) is 41.5 Å². The van der Waals surface area contributed by atoms with E-state index >= 15 is 0 Å². The molecular weight excluding hydrogens is 334 g/mol. The lowest BCUT2D eigenvalue weighted by Crippen LogP contribution is -2.10. The van der Waals surface area contributed by atoms with Crippen molar-refractivity contribution in [3.63, 3.8) is 0 Å². The van der Waals surface area contributed by atoms with Crippen LogP contribution < -0.4 is 0 Å². The maximum absolute atomic E-state index is 13.4. The smallest absolute Gasteiger partial charge is 0.339 e. The van der Waals surface area contributed by atoms with Crippen molar-refractivity contribution in [1.82, 2.24) is 9.97 Å². The highest BCUT2D eigenvalue weighted by Crippen LogP contribution is 2.39. The minimum absolute atomic E-state index is 0.0587. The first kappa shape index (κ1) is 15.6. The van der Waals surface area contributed by atoms with Crippen LogP contribution in [0, 0.1) is 5.82 Å². The van der Waals surface area contributed by atoms with E-state index in [0.29, 0.717) is 34.4 Å². The van der Waals surface area contributed by atoms with E-state index in [1.165, 1.54) is 18.3 Å². The standard InChI is InChI=1S/C18H11F4N3/c19-12-3-1-10(2-4-12)15-7-13-16(11-5-6-23-8-11)14(18(20,21)22)9-24-17(13)25-15/h1-5,7-9H,6H2,(H,24,25). The number of hydrogen-bond acceptors (Lipinski definition) is 2. The highest BCUT2D eigenvalue weighted by atomic mass is 19.4. The predicted octanol–water partition coefficient (Wildman–Crippen LogP) is 4.86. The fourth-order valence-electron chi connectivity index (χ4n) is 2.91. The number of aliphatic imine (C=N–C) groups is 1. The molecule has 0 fully saturated rings. The molecule has 0 spiro atoms. The number of alkyl halides is 3. The Balaban J connectivity index is 1.97. The molecular formula is C18H11F4N3. The number of aromatic nitrogens is 2. The van der Waals surface area contributed by atoms with Crippen molar-refractivity contribution in [2.45, 2.75) is 6.18 Å². The third-order valence-electron chi connectivity index (χ3n) is 4.05. The molecule has 0 saturated heterocycles. The van der Waals surface area contributed by atoms with E-state index < -0.39 is 11.7 Å². The van der Waals surface area contributed by atoms with Gasteiger partial charge in [-0.2, -0.15) is 13.2 Å². The highest BCUT2D eigenvalue weighted by Gasteiger charge is 2.36. The zero-order valence-corrected chi connectivity index (χ0v) is 12.7. The number of hydrogen-bond donors (Lipinski definition) is 1. The van der Waals surface area contributed by atoms with E-state index in [1.807, 2.05) is 0 Å². The monoisotopic (exact) mass is 345 g/mol. The average molecular weight is 345 g/mol. The maximum atomic E-state index is 13.4. The Morgan fingerprint density at radius 3 is 2.48 bits per heavy atom. The van der Waals surface area contributed by atoms with Gasteiger partial charge in [0.15, 0.2) is 0 Å². The van der Waals surface area contributed by atoms with Gasteiger partial charge in [-0.25, -0.2) is 9.37 Å². The van der Waals surface area contributed by atoms with E-state index in [4.69, 9.17) is 0 Å². The molecule has 0 aliphatic carbocycles. The van der Waals surface area contributed by atoms with Crippen molar-refractivity contribution in [2.24, 2.45) is 4.99 Å². The first-order valence-electron chi connectivity index (χ1n) is 7.49. The number of fused-ring (bicyclic) bond motifs is 1. The number of allylic oxidation sites excluding steroid dienone is 1. The Kier molecular flexibility index (Phi) is 3.45. The third kappa shape index (κ3) is 2.71. The van der Waals surface area contributed by atoms with Crippen molar-refractivity contribution in [3.05, 3.63) is 59.5 Å². The van der Waals surface area contributed by atoms with E-state index in [9.17, 15) is 17.6 Å². The second kappa shape index (κ2) is 5.54. The van der Waals surface area contributed by atoms with E-state index in [-0.39, 0.29) is 11.4 Å². The topological polar surface area (TPSA) is 41.0 Å². The number of nitrogens with zero attached hydrogens (tertiary/aromatic N) is 2. The molecule has 1 N–H and O–H groups in total. The SMILES string of the molecule is Fc1ccc(-c2cc3c(C4=CCN=C4)c(C(F)(F)F)cnc3[nH]2)cc1. The van der Waals surface area contributed by atoms with Gasteiger partial charge in [0.05, 0.1) is 12.1 Å². The second-order valence-corrected chi connectivity index (χ2v) is 5.65. The van der Waals surface area contributed by atoms with Crippen molar-refractivity contribution in [1.29, 1.82) is 0 Å². The second-order valence-electron chi connectivity index (χ2n) is 5.65. The van der Waals surface area contributed by atoms with Gasteiger partial charge in [-0.1, -0.05) is 6.08 Å². The molecule has 3 heterocycles. The molecule has 126 valence electrons. The lowest BCUT2D eigenvalue weighted by atomic mass is 9.98. The number of rotatable bonds is 2. The van der Waals surface area contributed by atoms with Crippen LogP contribution in [0.5, 0.6) is 0 Å². The van der Waals surface area contributed by atoms with Gasteiger partial charge in [-0.3, -0.25) is 4.99 Å². The zero-order valence-electron chi connectivity index (χ0n) is 12.7. The van der Waals surface area contributed by atoms with Gasteiger partial charge in [0.1, 0.15) is 11.5 Å². The molecule has 7 heteroatoms. The van der Waals surface area contributed by atoms with Crippen LogP contribution in [0.1, 0.15) is 11.1 Å². The normalized spacial score (nSPS) is 14.3. The molecule has 1 aliphatic heterocycles. The van der Waals surface area contributed by atoms with Crippen LogP contribution in [0.4, 0.5) is 17.6 Å². The minimum atomic E-state index is -4.53. The van der Waals surface area contributed by atoms with E-state index in [1.54, 1.807) is 24.3 Å². The fourth-order valence-corrected chi connectivity index (χ4v) is 2.91. The summed E-state index contributed by atoms with van der Waals surface area (Å²) in [7, 11) is 0. The van der Waals surface area contributed by atoms with Gasteiger partial charge in [0, 0.05) is 29.1 Å². The van der Waals surface area contributed by atoms with Crippen LogP contribution >= 0.6 is 0 Å². The fraction of sp³-hybridized carbons (Fsp3) is 0.111. The summed E-state index contributed by atoms with van der Waals surface area (Å²) in [5.74, 6) is -0.384. The van der Waals surface area contributed by atoms with Crippen molar-refractivity contribution in [3.8, 4) is 11.3 Å². The molecule has 0 amide bonds. The Labute approximate surface area is 139 Å². The summed E-state index contributed by atoms with van der Waals surface area (Å²) < 4.78 is 53.4.